The minimum atomic E-state index is -0.923. The van der Waals surface area contributed by atoms with E-state index in [2.05, 4.69) is 0 Å². The van der Waals surface area contributed by atoms with Crippen LogP contribution in [0.5, 0.6) is 17.2 Å². The molecule has 1 aromatic rings. The number of carbonyl (C=O) groups is 1. The Balaban J connectivity index is 2.17. The quantitative estimate of drug-likeness (QED) is 0.855. The molecule has 0 radical (unpaired) electrons. The van der Waals surface area contributed by atoms with Crippen molar-refractivity contribution in [3.05, 3.63) is 16.7 Å². The Bertz CT molecular complexity index is 534. The molecule has 0 aromatic heterocycles. The van der Waals surface area contributed by atoms with Crippen LogP contribution < -0.4 is 19.9 Å². The van der Waals surface area contributed by atoms with E-state index in [-0.39, 0.29) is 6.42 Å². The van der Waals surface area contributed by atoms with Crippen LogP contribution in [0.25, 0.3) is 0 Å². The third-order valence-corrected chi connectivity index (χ3v) is 3.76. The Labute approximate surface area is 116 Å². The number of hydrogen-bond donors (Lipinski definition) is 2. The van der Waals surface area contributed by atoms with Gasteiger partial charge in [-0.05, 0) is 0 Å². The summed E-state index contributed by atoms with van der Waals surface area (Å²) in [5, 5.41) is 8.97. The van der Waals surface area contributed by atoms with E-state index in [1.54, 1.807) is 7.11 Å². The van der Waals surface area contributed by atoms with Crippen LogP contribution in [0.15, 0.2) is 0 Å². The Morgan fingerprint density at radius 3 is 2.60 bits per heavy atom. The van der Waals surface area contributed by atoms with Gasteiger partial charge in [-0.15, -0.1) is 0 Å². The lowest BCUT2D eigenvalue weighted by atomic mass is 9.92. The van der Waals surface area contributed by atoms with Crippen LogP contribution in [0.2, 0.25) is 0 Å². The van der Waals surface area contributed by atoms with Crippen LogP contribution >= 0.6 is 0 Å². The van der Waals surface area contributed by atoms with Crippen molar-refractivity contribution in [2.75, 3.05) is 20.3 Å². The monoisotopic (exact) mass is 279 g/mol. The number of aliphatic carboxylic acids is 1. The van der Waals surface area contributed by atoms with Crippen molar-refractivity contribution in [2.45, 2.75) is 25.3 Å². The summed E-state index contributed by atoms with van der Waals surface area (Å²) in [6, 6.07) is -0.597. The Kier molecular flexibility index (Phi) is 3.17. The molecule has 0 spiro atoms. The second-order valence-electron chi connectivity index (χ2n) is 4.96. The summed E-state index contributed by atoms with van der Waals surface area (Å²) in [7, 11) is 1.60. The average molecular weight is 279 g/mol. The molecular weight excluding hydrogens is 262 g/mol. The number of carboxylic acid groups (broad SMARTS) is 1. The number of ether oxygens (including phenoxy) is 3. The number of methoxy groups -OCH3 is 1. The van der Waals surface area contributed by atoms with E-state index < -0.39 is 12.0 Å². The maximum Gasteiger partial charge on any atom is 0.305 e. The van der Waals surface area contributed by atoms with Crippen LogP contribution in [-0.4, -0.2) is 31.4 Å². The Hall–Kier alpha value is -1.95. The highest BCUT2D eigenvalue weighted by Crippen LogP contribution is 2.50. The summed E-state index contributed by atoms with van der Waals surface area (Å²) in [6.45, 7) is 1.11. The molecule has 0 aliphatic carbocycles. The maximum atomic E-state index is 10.9. The molecule has 0 bridgehead atoms. The van der Waals surface area contributed by atoms with E-state index in [4.69, 9.17) is 25.1 Å². The number of nitrogens with two attached hydrogens (primary N) is 1. The molecule has 2 heterocycles. The maximum absolute atomic E-state index is 10.9. The van der Waals surface area contributed by atoms with Crippen molar-refractivity contribution in [3.8, 4) is 17.2 Å². The molecule has 0 saturated heterocycles. The van der Waals surface area contributed by atoms with Crippen LogP contribution in [0.3, 0.4) is 0 Å². The number of fused-ring (bicyclic) bond motifs is 2. The zero-order valence-electron chi connectivity index (χ0n) is 11.3. The van der Waals surface area contributed by atoms with Crippen molar-refractivity contribution >= 4 is 5.97 Å². The van der Waals surface area contributed by atoms with Crippen LogP contribution in [0.1, 0.15) is 29.2 Å². The number of benzene rings is 1. The molecule has 1 unspecified atom stereocenters. The molecule has 0 fully saturated rings. The average Bonchev–Trinajstić information content (AvgIpc) is 3.02. The minimum Gasteiger partial charge on any atom is -0.492 e. The first-order chi connectivity index (χ1) is 9.63. The minimum absolute atomic E-state index is 0.130. The van der Waals surface area contributed by atoms with Crippen molar-refractivity contribution in [2.24, 2.45) is 5.73 Å². The van der Waals surface area contributed by atoms with Gasteiger partial charge in [-0.3, -0.25) is 4.79 Å². The summed E-state index contributed by atoms with van der Waals surface area (Å²) in [5.74, 6) is 1.18. The van der Waals surface area contributed by atoms with Gasteiger partial charge in [-0.2, -0.15) is 0 Å². The zero-order chi connectivity index (χ0) is 14.3. The van der Waals surface area contributed by atoms with Gasteiger partial charge in [0.25, 0.3) is 0 Å². The van der Waals surface area contributed by atoms with Crippen molar-refractivity contribution in [1.29, 1.82) is 0 Å². The number of carboxylic acids is 1. The smallest absolute Gasteiger partial charge is 0.305 e. The molecule has 0 saturated carbocycles. The van der Waals surface area contributed by atoms with Crippen LogP contribution in [-0.2, 0) is 17.6 Å². The lowest BCUT2D eigenvalue weighted by molar-refractivity contribution is -0.137. The van der Waals surface area contributed by atoms with Gasteiger partial charge < -0.3 is 25.1 Å². The standard InChI is InChI=1S/C14H17NO5/c1-18-13-8-3-5-19-12(8)11(9(15)6-10(16)17)7-2-4-20-14(7)13/h9H,2-6,15H2,1H3,(H,16,17). The van der Waals surface area contributed by atoms with Gasteiger partial charge in [0, 0.05) is 35.6 Å². The summed E-state index contributed by atoms with van der Waals surface area (Å²) < 4.78 is 16.8. The lowest BCUT2D eigenvalue weighted by Gasteiger charge is -2.20. The SMILES string of the molecule is COc1c2c(c(C(N)CC(=O)O)c3c1OCC3)OCC2. The number of rotatable bonds is 4. The van der Waals surface area contributed by atoms with Crippen LogP contribution in [0, 0.1) is 0 Å². The van der Waals surface area contributed by atoms with Gasteiger partial charge >= 0.3 is 5.97 Å². The van der Waals surface area contributed by atoms with E-state index in [1.165, 1.54) is 0 Å². The third kappa shape index (κ3) is 1.87. The lowest BCUT2D eigenvalue weighted by Crippen LogP contribution is -2.17. The zero-order valence-corrected chi connectivity index (χ0v) is 11.3. The van der Waals surface area contributed by atoms with Crippen molar-refractivity contribution in [1.82, 2.24) is 0 Å². The molecule has 2 aliphatic heterocycles. The highest BCUT2D eigenvalue weighted by atomic mass is 16.5. The summed E-state index contributed by atoms with van der Waals surface area (Å²) >= 11 is 0. The molecule has 6 nitrogen and oxygen atoms in total. The molecular formula is C14H17NO5. The first-order valence-corrected chi connectivity index (χ1v) is 6.62. The molecule has 6 heteroatoms. The third-order valence-electron chi connectivity index (χ3n) is 3.76. The fraction of sp³-hybridized carbons (Fsp3) is 0.500. The predicted molar refractivity (Wildman–Crippen MR) is 70.6 cm³/mol. The second kappa shape index (κ2) is 4.86. The van der Waals surface area contributed by atoms with Gasteiger partial charge in [-0.1, -0.05) is 0 Å². The highest BCUT2D eigenvalue weighted by Gasteiger charge is 2.34. The van der Waals surface area contributed by atoms with Gasteiger partial charge in [0.05, 0.1) is 26.7 Å². The summed E-state index contributed by atoms with van der Waals surface area (Å²) in [4.78, 5) is 10.9. The normalized spacial score (nSPS) is 16.9. The van der Waals surface area contributed by atoms with Crippen molar-refractivity contribution in [3.63, 3.8) is 0 Å². The summed E-state index contributed by atoms with van der Waals surface area (Å²) in [6.07, 6.45) is 1.29. The second-order valence-corrected chi connectivity index (χ2v) is 4.96. The molecule has 0 amide bonds. The van der Waals surface area contributed by atoms with Gasteiger partial charge in [-0.25, -0.2) is 0 Å². The van der Waals surface area contributed by atoms with E-state index in [0.717, 1.165) is 23.1 Å². The first kappa shape index (κ1) is 13.1. The molecule has 1 atom stereocenters. The fourth-order valence-corrected chi connectivity index (χ4v) is 3.00. The fourth-order valence-electron chi connectivity index (χ4n) is 3.00. The van der Waals surface area contributed by atoms with Crippen LogP contribution in [0.4, 0.5) is 0 Å². The first-order valence-electron chi connectivity index (χ1n) is 6.62. The molecule has 3 N–H and O–H groups in total. The molecule has 1 aromatic carbocycles. The molecule has 3 rings (SSSR count). The topological polar surface area (TPSA) is 91.0 Å². The molecule has 108 valence electrons. The van der Waals surface area contributed by atoms with Gasteiger partial charge in [0.15, 0.2) is 11.5 Å². The number of hydrogen-bond acceptors (Lipinski definition) is 5. The largest absolute Gasteiger partial charge is 0.492 e. The Morgan fingerprint density at radius 1 is 1.30 bits per heavy atom. The van der Waals surface area contributed by atoms with E-state index in [9.17, 15) is 4.79 Å². The molecule has 20 heavy (non-hydrogen) atoms. The van der Waals surface area contributed by atoms with E-state index in [0.29, 0.717) is 36.9 Å². The van der Waals surface area contributed by atoms with Crippen molar-refractivity contribution < 1.29 is 24.1 Å². The Morgan fingerprint density at radius 2 is 1.95 bits per heavy atom. The van der Waals surface area contributed by atoms with Gasteiger partial charge in [0.1, 0.15) is 5.75 Å². The van der Waals surface area contributed by atoms with Gasteiger partial charge in [0.2, 0.25) is 0 Å². The highest BCUT2D eigenvalue weighted by molar-refractivity contribution is 5.71. The predicted octanol–water partition coefficient (Wildman–Crippen LogP) is 1.04. The van der Waals surface area contributed by atoms with E-state index in [1.807, 2.05) is 0 Å². The molecule has 2 aliphatic rings. The summed E-state index contributed by atoms with van der Waals surface area (Å²) in [5.41, 5.74) is 8.71. The van der Waals surface area contributed by atoms with E-state index >= 15 is 0 Å².